The van der Waals surface area contributed by atoms with Gasteiger partial charge in [-0.1, -0.05) is 60.2 Å². The monoisotopic (exact) mass is 336 g/mol. The summed E-state index contributed by atoms with van der Waals surface area (Å²) in [7, 11) is 0. The maximum absolute atomic E-state index is 5.03. The average Bonchev–Trinajstić information content (AvgIpc) is 3.06. The standard InChI is InChI=1S/C24H20N2/c1-15-12-16(2)24(17(3)13-15)21-14-23-20-10-5-4-8-18(20)19-9-6-7-11-22(19)26(23)25-21/h4-14H,1-3H3. The molecule has 0 spiro atoms. The van der Waals surface area contributed by atoms with E-state index >= 15 is 0 Å². The van der Waals surface area contributed by atoms with Crippen LogP contribution in [0.1, 0.15) is 16.7 Å². The van der Waals surface area contributed by atoms with Gasteiger partial charge < -0.3 is 0 Å². The molecule has 0 bridgehead atoms. The zero-order valence-electron chi connectivity index (χ0n) is 15.2. The fraction of sp³-hybridized carbons (Fsp3) is 0.125. The van der Waals surface area contributed by atoms with Gasteiger partial charge in [0.1, 0.15) is 0 Å². The van der Waals surface area contributed by atoms with Crippen LogP contribution >= 0.6 is 0 Å². The van der Waals surface area contributed by atoms with E-state index in [4.69, 9.17) is 5.10 Å². The van der Waals surface area contributed by atoms with Crippen LogP contribution in [0.2, 0.25) is 0 Å². The summed E-state index contributed by atoms with van der Waals surface area (Å²) in [5.41, 5.74) is 8.44. The molecule has 0 aliphatic heterocycles. The molecule has 26 heavy (non-hydrogen) atoms. The minimum atomic E-state index is 1.04. The Hall–Kier alpha value is -3.13. The van der Waals surface area contributed by atoms with Gasteiger partial charge in [0, 0.05) is 16.3 Å². The van der Waals surface area contributed by atoms with Crippen LogP contribution in [-0.2, 0) is 0 Å². The molecule has 0 saturated heterocycles. The predicted molar refractivity (Wildman–Crippen MR) is 110 cm³/mol. The second-order valence-electron chi connectivity index (χ2n) is 7.16. The molecular weight excluding hydrogens is 316 g/mol. The molecular formula is C24H20N2. The highest BCUT2D eigenvalue weighted by Crippen LogP contribution is 2.34. The number of nitrogens with zero attached hydrogens (tertiary/aromatic N) is 2. The molecule has 0 fully saturated rings. The van der Waals surface area contributed by atoms with Crippen molar-refractivity contribution < 1.29 is 0 Å². The van der Waals surface area contributed by atoms with Crippen LogP contribution in [0, 0.1) is 20.8 Å². The van der Waals surface area contributed by atoms with Gasteiger partial charge in [0.05, 0.1) is 16.7 Å². The zero-order chi connectivity index (χ0) is 17.8. The van der Waals surface area contributed by atoms with Gasteiger partial charge in [-0.15, -0.1) is 0 Å². The molecule has 5 aromatic rings. The van der Waals surface area contributed by atoms with Crippen LogP contribution in [0.3, 0.4) is 0 Å². The number of rotatable bonds is 1. The van der Waals surface area contributed by atoms with Crippen LogP contribution in [0.15, 0.2) is 66.7 Å². The summed E-state index contributed by atoms with van der Waals surface area (Å²) in [4.78, 5) is 0. The molecule has 0 aliphatic rings. The third kappa shape index (κ3) is 2.08. The first-order chi connectivity index (χ1) is 12.6. The number of hydrogen-bond donors (Lipinski definition) is 0. The normalized spacial score (nSPS) is 11.7. The molecule has 2 heteroatoms. The van der Waals surface area contributed by atoms with Crippen molar-refractivity contribution in [3.05, 3.63) is 83.4 Å². The van der Waals surface area contributed by atoms with Crippen molar-refractivity contribution in [3.63, 3.8) is 0 Å². The number of para-hydroxylation sites is 1. The Morgan fingerprint density at radius 1 is 0.654 bits per heavy atom. The van der Waals surface area contributed by atoms with Gasteiger partial charge in [-0.2, -0.15) is 5.10 Å². The number of benzene rings is 3. The van der Waals surface area contributed by atoms with E-state index in [1.165, 1.54) is 38.4 Å². The molecule has 2 heterocycles. The van der Waals surface area contributed by atoms with Crippen molar-refractivity contribution in [1.82, 2.24) is 9.61 Å². The van der Waals surface area contributed by atoms with Gasteiger partial charge >= 0.3 is 0 Å². The summed E-state index contributed by atoms with van der Waals surface area (Å²) in [5.74, 6) is 0. The van der Waals surface area contributed by atoms with Gasteiger partial charge in [-0.05, 0) is 49.4 Å². The van der Waals surface area contributed by atoms with E-state index in [0.717, 1.165) is 16.7 Å². The highest BCUT2D eigenvalue weighted by Gasteiger charge is 2.15. The lowest BCUT2D eigenvalue weighted by molar-refractivity contribution is 1.01. The molecule has 2 nitrogen and oxygen atoms in total. The summed E-state index contributed by atoms with van der Waals surface area (Å²) < 4.78 is 2.10. The molecule has 0 radical (unpaired) electrons. The Kier molecular flexibility index (Phi) is 3.17. The molecule has 0 atom stereocenters. The van der Waals surface area contributed by atoms with Crippen LogP contribution < -0.4 is 0 Å². The number of aromatic nitrogens is 2. The van der Waals surface area contributed by atoms with Crippen molar-refractivity contribution in [3.8, 4) is 11.3 Å². The quantitative estimate of drug-likeness (QED) is 0.332. The van der Waals surface area contributed by atoms with E-state index in [0.29, 0.717) is 0 Å². The van der Waals surface area contributed by atoms with Crippen molar-refractivity contribution in [2.45, 2.75) is 20.8 Å². The van der Waals surface area contributed by atoms with E-state index in [1.54, 1.807) is 0 Å². The summed E-state index contributed by atoms with van der Waals surface area (Å²) in [6, 6.07) is 23.8. The van der Waals surface area contributed by atoms with Gasteiger partial charge in [0.2, 0.25) is 0 Å². The topological polar surface area (TPSA) is 17.3 Å². The largest absolute Gasteiger partial charge is 0.232 e. The number of pyridine rings is 1. The van der Waals surface area contributed by atoms with E-state index in [2.05, 4.69) is 92.0 Å². The van der Waals surface area contributed by atoms with Crippen molar-refractivity contribution in [1.29, 1.82) is 0 Å². The minimum absolute atomic E-state index is 1.04. The Balaban J connectivity index is 1.95. The molecule has 0 aliphatic carbocycles. The molecule has 2 aromatic heterocycles. The van der Waals surface area contributed by atoms with Crippen LogP contribution in [0.25, 0.3) is 38.4 Å². The third-order valence-electron chi connectivity index (χ3n) is 5.27. The van der Waals surface area contributed by atoms with E-state index in [1.807, 2.05) is 0 Å². The Bertz CT molecular complexity index is 1210. The highest BCUT2D eigenvalue weighted by molar-refractivity contribution is 6.12. The lowest BCUT2D eigenvalue weighted by Crippen LogP contribution is -1.94. The third-order valence-corrected chi connectivity index (χ3v) is 5.27. The summed E-state index contributed by atoms with van der Waals surface area (Å²) >= 11 is 0. The van der Waals surface area contributed by atoms with Crippen LogP contribution in [0.4, 0.5) is 0 Å². The molecule has 3 aromatic carbocycles. The van der Waals surface area contributed by atoms with Crippen molar-refractivity contribution >= 4 is 27.2 Å². The average molecular weight is 336 g/mol. The fourth-order valence-corrected chi connectivity index (χ4v) is 4.29. The summed E-state index contributed by atoms with van der Waals surface area (Å²) in [6.07, 6.45) is 0. The second kappa shape index (κ2) is 5.43. The Morgan fingerprint density at radius 3 is 1.92 bits per heavy atom. The van der Waals surface area contributed by atoms with E-state index in [-0.39, 0.29) is 0 Å². The summed E-state index contributed by atoms with van der Waals surface area (Å²) in [6.45, 7) is 6.50. The molecule has 126 valence electrons. The first kappa shape index (κ1) is 15.2. The van der Waals surface area contributed by atoms with Gasteiger partial charge in [-0.25, -0.2) is 4.52 Å². The van der Waals surface area contributed by atoms with Crippen LogP contribution in [-0.4, -0.2) is 9.61 Å². The lowest BCUT2D eigenvalue weighted by atomic mass is 9.97. The molecule has 5 rings (SSSR count). The summed E-state index contributed by atoms with van der Waals surface area (Å²) in [5, 5.41) is 8.79. The van der Waals surface area contributed by atoms with E-state index < -0.39 is 0 Å². The van der Waals surface area contributed by atoms with Gasteiger partial charge in [0.15, 0.2) is 0 Å². The maximum atomic E-state index is 5.03. The first-order valence-corrected chi connectivity index (χ1v) is 9.01. The highest BCUT2D eigenvalue weighted by atomic mass is 15.2. The number of aryl methyl sites for hydroxylation is 3. The maximum Gasteiger partial charge on any atom is 0.0939 e. The SMILES string of the molecule is Cc1cc(C)c(-c2cc3c4ccccc4c4ccccc4n3n2)c(C)c1. The van der Waals surface area contributed by atoms with Crippen molar-refractivity contribution in [2.75, 3.05) is 0 Å². The minimum Gasteiger partial charge on any atom is -0.232 e. The zero-order valence-corrected chi connectivity index (χ0v) is 15.2. The lowest BCUT2D eigenvalue weighted by Gasteiger charge is -2.08. The predicted octanol–water partition coefficient (Wildman–Crippen LogP) is 6.23. The Labute approximate surface area is 152 Å². The molecule has 0 amide bonds. The van der Waals surface area contributed by atoms with Gasteiger partial charge in [-0.3, -0.25) is 0 Å². The molecule has 0 N–H and O–H groups in total. The smallest absolute Gasteiger partial charge is 0.0939 e. The second-order valence-corrected chi connectivity index (χ2v) is 7.16. The first-order valence-electron chi connectivity index (χ1n) is 9.01. The number of hydrogen-bond acceptors (Lipinski definition) is 1. The van der Waals surface area contributed by atoms with E-state index in [9.17, 15) is 0 Å². The molecule has 0 unspecified atom stereocenters. The van der Waals surface area contributed by atoms with Crippen LogP contribution in [0.5, 0.6) is 0 Å². The van der Waals surface area contributed by atoms with Crippen molar-refractivity contribution in [2.24, 2.45) is 0 Å². The fourth-order valence-electron chi connectivity index (χ4n) is 4.29. The Morgan fingerprint density at radius 2 is 1.23 bits per heavy atom. The number of fused-ring (bicyclic) bond motifs is 6. The molecule has 0 saturated carbocycles. The van der Waals surface area contributed by atoms with Gasteiger partial charge in [0.25, 0.3) is 0 Å².